The number of hydrogen-bond donors (Lipinski definition) is 0. The maximum absolute atomic E-state index is 10.3. The summed E-state index contributed by atoms with van der Waals surface area (Å²) in [6.45, 7) is 0. The molecule has 0 bridgehead atoms. The minimum atomic E-state index is -0.734. The predicted octanol–water partition coefficient (Wildman–Crippen LogP) is 8.65. The molecule has 3 heterocycles. The summed E-state index contributed by atoms with van der Waals surface area (Å²) in [6.07, 6.45) is 0. The highest BCUT2D eigenvalue weighted by atomic mass is 15.2. The Morgan fingerprint density at radius 3 is 1.38 bits per heavy atom. The number of nitrogens with zero attached hydrogens (tertiary/aromatic N) is 6. The number of para-hydroxylation sites is 5. The van der Waals surface area contributed by atoms with Crippen molar-refractivity contribution in [1.82, 2.24) is 4.98 Å². The first-order chi connectivity index (χ1) is 22.2. The Hall–Kier alpha value is -6.68. The van der Waals surface area contributed by atoms with Crippen LogP contribution in [0.2, 0.25) is 0 Å². The van der Waals surface area contributed by atoms with Crippen LogP contribution in [0, 0.1) is 34.0 Å². The fourth-order valence-electron chi connectivity index (χ4n) is 7.15. The van der Waals surface area contributed by atoms with Gasteiger partial charge in [0, 0.05) is 5.69 Å². The first-order valence-electron chi connectivity index (χ1n) is 14.5. The van der Waals surface area contributed by atoms with E-state index in [1.54, 1.807) is 0 Å². The van der Waals surface area contributed by atoms with Crippen LogP contribution in [0.25, 0.3) is 0 Å². The molecule has 1 spiro atoms. The van der Waals surface area contributed by atoms with Crippen molar-refractivity contribution in [2.75, 3.05) is 9.80 Å². The van der Waals surface area contributed by atoms with Crippen molar-refractivity contribution in [2.24, 2.45) is 0 Å². The maximum Gasteiger partial charge on any atom is 0.167 e. The van der Waals surface area contributed by atoms with Crippen LogP contribution < -0.4 is 9.80 Å². The second kappa shape index (κ2) is 9.96. The molecule has 6 heteroatoms. The fraction of sp³-hybridized carbons (Fsp3) is 0.0256. The number of aromatic nitrogens is 1. The van der Waals surface area contributed by atoms with Gasteiger partial charge >= 0.3 is 0 Å². The molecule has 208 valence electrons. The van der Waals surface area contributed by atoms with Gasteiger partial charge in [-0.05, 0) is 64.7 Å². The number of hydrogen-bond acceptors (Lipinski definition) is 6. The van der Waals surface area contributed by atoms with E-state index in [1.165, 1.54) is 6.07 Å². The quantitative estimate of drug-likeness (QED) is 0.205. The highest BCUT2D eigenvalue weighted by Gasteiger charge is 2.52. The van der Waals surface area contributed by atoms with Crippen molar-refractivity contribution in [3.63, 3.8) is 0 Å². The van der Waals surface area contributed by atoms with E-state index in [0.717, 1.165) is 50.7 Å². The Bertz CT molecular complexity index is 2150. The van der Waals surface area contributed by atoms with Gasteiger partial charge in [0.1, 0.15) is 29.6 Å². The third-order valence-electron chi connectivity index (χ3n) is 8.77. The molecular formula is C39H22N6. The summed E-state index contributed by atoms with van der Waals surface area (Å²) in [6, 6.07) is 51.7. The summed E-state index contributed by atoms with van der Waals surface area (Å²) in [5.74, 6) is 0. The van der Waals surface area contributed by atoms with Gasteiger partial charge in [-0.3, -0.25) is 0 Å². The van der Waals surface area contributed by atoms with Crippen molar-refractivity contribution in [3.8, 4) is 18.2 Å². The minimum Gasteiger partial charge on any atom is -0.310 e. The first-order valence-corrected chi connectivity index (χ1v) is 14.5. The molecule has 6 aromatic rings. The highest BCUT2D eigenvalue weighted by molar-refractivity contribution is 5.97. The third kappa shape index (κ3) is 3.50. The zero-order valence-corrected chi connectivity index (χ0v) is 23.9. The summed E-state index contributed by atoms with van der Waals surface area (Å²) in [4.78, 5) is 8.62. The Morgan fingerprint density at radius 2 is 0.933 bits per heavy atom. The van der Waals surface area contributed by atoms with Crippen LogP contribution >= 0.6 is 0 Å². The van der Waals surface area contributed by atoms with Gasteiger partial charge in [-0.2, -0.15) is 15.8 Å². The van der Waals surface area contributed by atoms with Gasteiger partial charge in [0.25, 0.3) is 0 Å². The molecule has 0 fully saturated rings. The number of benzene rings is 5. The summed E-state index contributed by atoms with van der Waals surface area (Å²) < 4.78 is 0. The first kappa shape index (κ1) is 26.0. The molecule has 1 aromatic heterocycles. The molecule has 2 aliphatic rings. The maximum atomic E-state index is 10.3. The molecule has 0 saturated heterocycles. The Labute approximate surface area is 260 Å². The van der Waals surface area contributed by atoms with Gasteiger partial charge in [-0.15, -0.1) is 0 Å². The topological polar surface area (TPSA) is 90.7 Å². The van der Waals surface area contributed by atoms with Gasteiger partial charge in [0.2, 0.25) is 0 Å². The summed E-state index contributed by atoms with van der Waals surface area (Å²) >= 11 is 0. The van der Waals surface area contributed by atoms with Gasteiger partial charge < -0.3 is 9.80 Å². The van der Waals surface area contributed by atoms with E-state index in [9.17, 15) is 15.8 Å². The molecule has 0 atom stereocenters. The lowest BCUT2D eigenvalue weighted by molar-refractivity contribution is 0.718. The SMILES string of the molecule is N#Cc1cc(C#N)c(N2c3ccccc3C3(c4ccccc4N(c4ccccc4)c4ccccc43)c3ccccc32)c(C#N)n1. The van der Waals surface area contributed by atoms with Crippen LogP contribution in [0.3, 0.4) is 0 Å². The molecule has 5 aromatic carbocycles. The second-order valence-electron chi connectivity index (χ2n) is 10.9. The van der Waals surface area contributed by atoms with Gasteiger partial charge in [-0.1, -0.05) is 91.0 Å². The van der Waals surface area contributed by atoms with E-state index in [2.05, 4.69) is 107 Å². The zero-order valence-electron chi connectivity index (χ0n) is 23.9. The average molecular weight is 575 g/mol. The van der Waals surface area contributed by atoms with Crippen molar-refractivity contribution in [2.45, 2.75) is 5.41 Å². The van der Waals surface area contributed by atoms with Crippen LogP contribution in [-0.4, -0.2) is 4.98 Å². The average Bonchev–Trinajstić information content (AvgIpc) is 3.11. The van der Waals surface area contributed by atoms with Crippen molar-refractivity contribution >= 4 is 34.1 Å². The third-order valence-corrected chi connectivity index (χ3v) is 8.77. The smallest absolute Gasteiger partial charge is 0.167 e. The molecule has 45 heavy (non-hydrogen) atoms. The summed E-state index contributed by atoms with van der Waals surface area (Å²) in [5, 5.41) is 30.2. The number of rotatable bonds is 2. The van der Waals surface area contributed by atoms with E-state index in [0.29, 0.717) is 5.69 Å². The Balaban J connectivity index is 1.52. The number of pyridine rings is 1. The van der Waals surface area contributed by atoms with Crippen molar-refractivity contribution in [1.29, 1.82) is 15.8 Å². The van der Waals surface area contributed by atoms with E-state index in [4.69, 9.17) is 0 Å². The molecule has 0 aliphatic carbocycles. The number of nitriles is 3. The van der Waals surface area contributed by atoms with Crippen LogP contribution in [0.1, 0.15) is 39.2 Å². The van der Waals surface area contributed by atoms with Crippen LogP contribution in [0.5, 0.6) is 0 Å². The molecule has 8 rings (SSSR count). The largest absolute Gasteiger partial charge is 0.310 e. The van der Waals surface area contributed by atoms with Gasteiger partial charge in [0.05, 0.1) is 33.7 Å². The van der Waals surface area contributed by atoms with E-state index in [1.807, 2.05) is 53.4 Å². The highest BCUT2D eigenvalue weighted by Crippen LogP contribution is 2.64. The lowest BCUT2D eigenvalue weighted by Gasteiger charge is -2.51. The van der Waals surface area contributed by atoms with E-state index < -0.39 is 5.41 Å². The number of fused-ring (bicyclic) bond motifs is 8. The van der Waals surface area contributed by atoms with Gasteiger partial charge in [0.15, 0.2) is 5.69 Å². The molecule has 0 N–H and O–H groups in total. The van der Waals surface area contributed by atoms with Crippen LogP contribution in [0.15, 0.2) is 133 Å². The fourth-order valence-corrected chi connectivity index (χ4v) is 7.15. The Morgan fingerprint density at radius 1 is 0.489 bits per heavy atom. The van der Waals surface area contributed by atoms with Crippen molar-refractivity contribution in [3.05, 3.63) is 173 Å². The van der Waals surface area contributed by atoms with Crippen molar-refractivity contribution < 1.29 is 0 Å². The normalized spacial score (nSPS) is 13.4. The molecule has 2 aliphatic heterocycles. The molecule has 0 saturated carbocycles. The van der Waals surface area contributed by atoms with Crippen LogP contribution in [-0.2, 0) is 5.41 Å². The number of anilines is 6. The molecular weight excluding hydrogens is 552 g/mol. The molecule has 6 nitrogen and oxygen atoms in total. The van der Waals surface area contributed by atoms with Gasteiger partial charge in [-0.25, -0.2) is 4.98 Å². The minimum absolute atomic E-state index is 0.0193. The summed E-state index contributed by atoms with van der Waals surface area (Å²) in [7, 11) is 0. The molecule has 0 unspecified atom stereocenters. The summed E-state index contributed by atoms with van der Waals surface area (Å²) in [5.41, 5.74) is 8.97. The zero-order chi connectivity index (χ0) is 30.5. The monoisotopic (exact) mass is 574 g/mol. The lowest BCUT2D eigenvalue weighted by atomic mass is 9.60. The second-order valence-corrected chi connectivity index (χ2v) is 10.9. The molecule has 0 amide bonds. The van der Waals surface area contributed by atoms with Crippen LogP contribution in [0.4, 0.5) is 34.1 Å². The lowest BCUT2D eigenvalue weighted by Crippen LogP contribution is -2.42. The molecule has 0 radical (unpaired) electrons. The standard InChI is InChI=1S/C39H22N6/c40-23-26-22-27(24-41)43-33(25-42)38(26)45-36-20-10-6-16-31(36)39(32-17-7-11-21-37(32)45)29-14-4-8-18-34(29)44(28-12-2-1-3-13-28)35-19-9-5-15-30(35)39/h1-22H. The van der Waals surface area contributed by atoms with E-state index in [-0.39, 0.29) is 17.0 Å². The Kier molecular flexibility index (Phi) is 5.75. The predicted molar refractivity (Wildman–Crippen MR) is 173 cm³/mol. The van der Waals surface area contributed by atoms with E-state index >= 15 is 0 Å².